The Labute approximate surface area is 101 Å². The van der Waals surface area contributed by atoms with Crippen LogP contribution in [0.1, 0.15) is 18.4 Å². The van der Waals surface area contributed by atoms with Crippen LogP contribution in [-0.2, 0) is 11.2 Å². The molecule has 2 heterocycles. The topological polar surface area (TPSA) is 45.6 Å². The number of carbonyl (C=O) groups excluding carboxylic acids is 1. The van der Waals surface area contributed by atoms with Crippen LogP contribution in [0.5, 0.6) is 0 Å². The molecule has 0 saturated carbocycles. The number of nitrogens with zero attached hydrogens (tertiary/aromatic N) is 3. The maximum absolute atomic E-state index is 11.5. The van der Waals surface area contributed by atoms with E-state index in [4.69, 9.17) is 0 Å². The first-order valence-corrected chi connectivity index (χ1v) is 5.91. The van der Waals surface area contributed by atoms with Crippen LogP contribution in [0, 0.1) is 0 Å². The summed E-state index contributed by atoms with van der Waals surface area (Å²) in [4.78, 5) is 21.8. The van der Waals surface area contributed by atoms with Crippen molar-refractivity contribution in [2.24, 2.45) is 4.99 Å². The fraction of sp³-hybridized carbons (Fsp3) is 0.462. The van der Waals surface area contributed by atoms with Gasteiger partial charge < -0.3 is 4.90 Å². The molecule has 0 aromatic carbocycles. The zero-order valence-corrected chi connectivity index (χ0v) is 10.1. The SMILES string of the molecule is CN=C(Cc1cccnc1)CN1CCCC1=O. The summed E-state index contributed by atoms with van der Waals surface area (Å²) in [7, 11) is 1.78. The molecule has 0 aliphatic carbocycles. The summed E-state index contributed by atoms with van der Waals surface area (Å²) < 4.78 is 0. The average Bonchev–Trinajstić information content (AvgIpc) is 2.75. The number of hydrogen-bond acceptors (Lipinski definition) is 3. The molecular weight excluding hydrogens is 214 g/mol. The smallest absolute Gasteiger partial charge is 0.222 e. The van der Waals surface area contributed by atoms with Gasteiger partial charge in [0.1, 0.15) is 0 Å². The largest absolute Gasteiger partial charge is 0.337 e. The highest BCUT2D eigenvalue weighted by molar-refractivity contribution is 5.92. The van der Waals surface area contributed by atoms with Crippen molar-refractivity contribution in [1.29, 1.82) is 0 Å². The van der Waals surface area contributed by atoms with Crippen molar-refractivity contribution in [3.05, 3.63) is 30.1 Å². The second-order valence-electron chi connectivity index (χ2n) is 4.25. The van der Waals surface area contributed by atoms with E-state index in [1.165, 1.54) is 0 Å². The number of rotatable bonds is 4. The van der Waals surface area contributed by atoms with Crippen LogP contribution < -0.4 is 0 Å². The molecule has 0 radical (unpaired) electrons. The molecular formula is C13H17N3O. The Balaban J connectivity index is 1.96. The fourth-order valence-electron chi connectivity index (χ4n) is 2.04. The molecule has 0 atom stereocenters. The van der Waals surface area contributed by atoms with Gasteiger partial charge in [0.2, 0.25) is 5.91 Å². The average molecular weight is 231 g/mol. The van der Waals surface area contributed by atoms with E-state index in [1.807, 2.05) is 23.2 Å². The van der Waals surface area contributed by atoms with E-state index in [0.717, 1.165) is 30.7 Å². The van der Waals surface area contributed by atoms with E-state index in [-0.39, 0.29) is 5.91 Å². The summed E-state index contributed by atoms with van der Waals surface area (Å²) in [6.07, 6.45) is 6.04. The molecule has 2 rings (SSSR count). The Morgan fingerprint density at radius 2 is 2.47 bits per heavy atom. The number of amides is 1. The van der Waals surface area contributed by atoms with Crippen LogP contribution >= 0.6 is 0 Å². The third-order valence-corrected chi connectivity index (χ3v) is 2.99. The molecule has 1 aliphatic heterocycles. The van der Waals surface area contributed by atoms with E-state index in [2.05, 4.69) is 9.98 Å². The Bertz CT molecular complexity index is 414. The minimum Gasteiger partial charge on any atom is -0.337 e. The van der Waals surface area contributed by atoms with E-state index in [0.29, 0.717) is 13.0 Å². The van der Waals surface area contributed by atoms with Gasteiger partial charge in [-0.15, -0.1) is 0 Å². The Kier molecular flexibility index (Phi) is 3.85. The molecule has 1 saturated heterocycles. The molecule has 0 bridgehead atoms. The van der Waals surface area contributed by atoms with Crippen LogP contribution in [-0.4, -0.2) is 41.6 Å². The lowest BCUT2D eigenvalue weighted by molar-refractivity contribution is -0.127. The first-order chi connectivity index (χ1) is 8.29. The van der Waals surface area contributed by atoms with Crippen molar-refractivity contribution in [2.45, 2.75) is 19.3 Å². The molecule has 1 aromatic heterocycles. The highest BCUT2D eigenvalue weighted by Gasteiger charge is 2.21. The quantitative estimate of drug-likeness (QED) is 0.734. The number of aromatic nitrogens is 1. The Morgan fingerprint density at radius 3 is 3.06 bits per heavy atom. The lowest BCUT2D eigenvalue weighted by Gasteiger charge is -2.16. The molecule has 1 aromatic rings. The van der Waals surface area contributed by atoms with Crippen LogP contribution in [0.25, 0.3) is 0 Å². The van der Waals surface area contributed by atoms with Crippen molar-refractivity contribution in [1.82, 2.24) is 9.88 Å². The van der Waals surface area contributed by atoms with Gasteiger partial charge in [-0.1, -0.05) is 6.07 Å². The van der Waals surface area contributed by atoms with Crippen molar-refractivity contribution in [3.8, 4) is 0 Å². The molecule has 4 heteroatoms. The summed E-state index contributed by atoms with van der Waals surface area (Å²) in [5.74, 6) is 0.248. The molecule has 17 heavy (non-hydrogen) atoms. The number of carbonyl (C=O) groups is 1. The summed E-state index contributed by atoms with van der Waals surface area (Å²) in [6.45, 7) is 1.52. The van der Waals surface area contributed by atoms with Crippen LogP contribution in [0.3, 0.4) is 0 Å². The highest BCUT2D eigenvalue weighted by Crippen LogP contribution is 2.10. The Morgan fingerprint density at radius 1 is 1.59 bits per heavy atom. The standard InChI is InChI=1S/C13H17N3O/c1-14-12(8-11-4-2-6-15-9-11)10-16-7-3-5-13(16)17/h2,4,6,9H,3,5,7-8,10H2,1H3. The van der Waals surface area contributed by atoms with Gasteiger partial charge in [-0.25, -0.2) is 0 Å². The fourth-order valence-corrected chi connectivity index (χ4v) is 2.04. The predicted octanol–water partition coefficient (Wildman–Crippen LogP) is 1.32. The maximum atomic E-state index is 11.5. The first-order valence-electron chi connectivity index (χ1n) is 5.91. The van der Waals surface area contributed by atoms with Crippen molar-refractivity contribution < 1.29 is 4.79 Å². The zero-order chi connectivity index (χ0) is 12.1. The first kappa shape index (κ1) is 11.8. The molecule has 1 amide bonds. The minimum atomic E-state index is 0.248. The third kappa shape index (κ3) is 3.12. The van der Waals surface area contributed by atoms with Crippen LogP contribution in [0.4, 0.5) is 0 Å². The van der Waals surface area contributed by atoms with E-state index in [9.17, 15) is 4.79 Å². The number of likely N-dealkylation sites (tertiary alicyclic amines) is 1. The Hall–Kier alpha value is -1.71. The van der Waals surface area contributed by atoms with E-state index >= 15 is 0 Å². The van der Waals surface area contributed by atoms with Crippen molar-refractivity contribution >= 4 is 11.6 Å². The minimum absolute atomic E-state index is 0.248. The second-order valence-corrected chi connectivity index (χ2v) is 4.25. The summed E-state index contributed by atoms with van der Waals surface area (Å²) in [5, 5.41) is 0. The monoisotopic (exact) mass is 231 g/mol. The van der Waals surface area contributed by atoms with Crippen molar-refractivity contribution in [3.63, 3.8) is 0 Å². The summed E-state index contributed by atoms with van der Waals surface area (Å²) >= 11 is 0. The van der Waals surface area contributed by atoms with Gasteiger partial charge in [0.25, 0.3) is 0 Å². The van der Waals surface area contributed by atoms with E-state index in [1.54, 1.807) is 13.2 Å². The van der Waals surface area contributed by atoms with Gasteiger partial charge in [-0.3, -0.25) is 14.8 Å². The molecule has 1 fully saturated rings. The second kappa shape index (κ2) is 5.57. The molecule has 0 N–H and O–H groups in total. The van der Waals surface area contributed by atoms with Gasteiger partial charge in [0.15, 0.2) is 0 Å². The number of pyridine rings is 1. The summed E-state index contributed by atoms with van der Waals surface area (Å²) in [6, 6.07) is 3.95. The lowest BCUT2D eigenvalue weighted by Crippen LogP contribution is -2.31. The molecule has 90 valence electrons. The lowest BCUT2D eigenvalue weighted by atomic mass is 10.1. The van der Waals surface area contributed by atoms with E-state index < -0.39 is 0 Å². The number of aliphatic imine (C=N–C) groups is 1. The summed E-state index contributed by atoms with van der Waals surface area (Å²) in [5.41, 5.74) is 2.17. The highest BCUT2D eigenvalue weighted by atomic mass is 16.2. The van der Waals surface area contributed by atoms with Gasteiger partial charge in [-0.05, 0) is 18.1 Å². The van der Waals surface area contributed by atoms with Gasteiger partial charge in [0.05, 0.1) is 6.54 Å². The van der Waals surface area contributed by atoms with Gasteiger partial charge >= 0.3 is 0 Å². The van der Waals surface area contributed by atoms with Crippen LogP contribution in [0.2, 0.25) is 0 Å². The predicted molar refractivity (Wildman–Crippen MR) is 67.1 cm³/mol. The maximum Gasteiger partial charge on any atom is 0.222 e. The molecule has 1 aliphatic rings. The normalized spacial score (nSPS) is 16.6. The molecule has 0 spiro atoms. The molecule has 0 unspecified atom stereocenters. The van der Waals surface area contributed by atoms with Crippen molar-refractivity contribution in [2.75, 3.05) is 20.1 Å². The molecule has 4 nitrogen and oxygen atoms in total. The number of hydrogen-bond donors (Lipinski definition) is 0. The van der Waals surface area contributed by atoms with Gasteiger partial charge in [0, 0.05) is 44.5 Å². The zero-order valence-electron chi connectivity index (χ0n) is 10.1. The van der Waals surface area contributed by atoms with Crippen LogP contribution in [0.15, 0.2) is 29.5 Å². The van der Waals surface area contributed by atoms with Gasteiger partial charge in [-0.2, -0.15) is 0 Å². The third-order valence-electron chi connectivity index (χ3n) is 2.99.